The van der Waals surface area contributed by atoms with Crippen LogP contribution in [-0.4, -0.2) is 62.9 Å². The van der Waals surface area contributed by atoms with E-state index in [1.165, 1.54) is 17.3 Å². The van der Waals surface area contributed by atoms with Gasteiger partial charge in [-0.2, -0.15) is 0 Å². The molecule has 0 aromatic heterocycles. The van der Waals surface area contributed by atoms with Crippen LogP contribution in [0.25, 0.3) is 5.70 Å². The third-order valence-electron chi connectivity index (χ3n) is 5.44. The second-order valence-corrected chi connectivity index (χ2v) is 8.95. The zero-order chi connectivity index (χ0) is 22.8. The van der Waals surface area contributed by atoms with Crippen molar-refractivity contribution < 1.29 is 29.9 Å². The largest absolute Gasteiger partial charge is 0.462 e. The Morgan fingerprint density at radius 3 is 2.34 bits per heavy atom. The highest BCUT2D eigenvalue weighted by Crippen LogP contribution is 2.38. The molecule has 2 aliphatic heterocycles. The summed E-state index contributed by atoms with van der Waals surface area (Å²) in [5.41, 5.74) is 10.0. The molecule has 170 valence electrons. The Bertz CT molecular complexity index is 993. The van der Waals surface area contributed by atoms with E-state index in [9.17, 15) is 20.4 Å². The average Bonchev–Trinajstić information content (AvgIpc) is 2.80. The molecule has 0 radical (unpaired) electrons. The molecule has 32 heavy (non-hydrogen) atoms. The number of aliphatic hydroxyl groups excluding tert-OH is 4. The van der Waals surface area contributed by atoms with Gasteiger partial charge in [0.15, 0.2) is 5.17 Å². The number of ether oxygens (including phenoxy) is 2. The number of aliphatic hydroxyl groups is 4. The summed E-state index contributed by atoms with van der Waals surface area (Å²) in [6.07, 6.45) is -4.57. The topological polar surface area (TPSA) is 138 Å². The molecule has 8 nitrogen and oxygen atoms in total. The Kier molecular flexibility index (Phi) is 6.85. The SMILES string of the molecule is Cc1ccc(C2=CC(c3ccc(O[C@@H]4O[C@H](CO)[C@@H](O)[C@@H](O)[C@H]4O)cc3)SC(N)=N2)cc1. The molecule has 1 fully saturated rings. The molecule has 2 aromatic carbocycles. The lowest BCUT2D eigenvalue weighted by molar-refractivity contribution is -0.277. The van der Waals surface area contributed by atoms with E-state index in [2.05, 4.69) is 11.1 Å². The number of aryl methyl sites for hydroxylation is 1. The summed E-state index contributed by atoms with van der Waals surface area (Å²) in [4.78, 5) is 4.47. The zero-order valence-electron chi connectivity index (χ0n) is 17.4. The van der Waals surface area contributed by atoms with Gasteiger partial charge < -0.3 is 35.6 Å². The number of hydrogen-bond acceptors (Lipinski definition) is 9. The van der Waals surface area contributed by atoms with Crippen molar-refractivity contribution in [3.63, 3.8) is 0 Å². The number of benzene rings is 2. The Balaban J connectivity index is 1.48. The molecule has 1 unspecified atom stereocenters. The minimum atomic E-state index is -1.49. The number of hydrogen-bond donors (Lipinski definition) is 5. The predicted molar refractivity (Wildman–Crippen MR) is 122 cm³/mol. The maximum atomic E-state index is 10.1. The maximum absolute atomic E-state index is 10.1. The number of thioether (sulfide) groups is 1. The van der Waals surface area contributed by atoms with E-state index in [-0.39, 0.29) is 5.25 Å². The normalized spacial score (nSPS) is 30.4. The molecule has 0 saturated carbocycles. The molecule has 0 amide bonds. The van der Waals surface area contributed by atoms with Gasteiger partial charge in [0.05, 0.1) is 17.6 Å². The van der Waals surface area contributed by atoms with Crippen molar-refractivity contribution in [1.29, 1.82) is 0 Å². The van der Waals surface area contributed by atoms with E-state index in [0.29, 0.717) is 10.9 Å². The van der Waals surface area contributed by atoms with Crippen molar-refractivity contribution in [2.45, 2.75) is 42.9 Å². The van der Waals surface area contributed by atoms with E-state index >= 15 is 0 Å². The summed E-state index contributed by atoms with van der Waals surface area (Å²) in [6, 6.07) is 15.3. The van der Waals surface area contributed by atoms with Crippen molar-refractivity contribution in [1.82, 2.24) is 0 Å². The Morgan fingerprint density at radius 1 is 1.00 bits per heavy atom. The van der Waals surface area contributed by atoms with Gasteiger partial charge in [0, 0.05) is 0 Å². The molecule has 0 aliphatic carbocycles. The van der Waals surface area contributed by atoms with Gasteiger partial charge in [-0.15, -0.1) is 0 Å². The van der Waals surface area contributed by atoms with E-state index < -0.39 is 37.3 Å². The standard InChI is InChI=1S/C23H26N2O6S/c1-12-2-4-13(5-3-12)16-10-18(32-23(24)25-16)14-6-8-15(9-7-14)30-22-21(29)20(28)19(27)17(11-26)31-22/h2-10,17-22,26-29H,11H2,1H3,(H2,24,25)/t17-,18?,19-,20-,21-,22-/m1/s1. The quantitative estimate of drug-likeness (QED) is 0.452. The first-order chi connectivity index (χ1) is 15.4. The van der Waals surface area contributed by atoms with Gasteiger partial charge >= 0.3 is 0 Å². The van der Waals surface area contributed by atoms with Crippen molar-refractivity contribution >= 4 is 22.6 Å². The number of nitrogens with zero attached hydrogens (tertiary/aromatic N) is 1. The summed E-state index contributed by atoms with van der Waals surface area (Å²) in [6.45, 7) is 1.52. The highest BCUT2D eigenvalue weighted by Gasteiger charge is 2.44. The second-order valence-electron chi connectivity index (χ2n) is 7.79. The van der Waals surface area contributed by atoms with Gasteiger partial charge in [-0.3, -0.25) is 0 Å². The van der Waals surface area contributed by atoms with Gasteiger partial charge in [-0.05, 0) is 36.3 Å². The predicted octanol–water partition coefficient (Wildman–Crippen LogP) is 1.32. The van der Waals surface area contributed by atoms with Gasteiger partial charge in [-0.1, -0.05) is 53.7 Å². The van der Waals surface area contributed by atoms with E-state index in [1.54, 1.807) is 12.1 Å². The van der Waals surface area contributed by atoms with Crippen LogP contribution in [-0.2, 0) is 4.74 Å². The van der Waals surface area contributed by atoms with Crippen LogP contribution < -0.4 is 10.5 Å². The fraction of sp³-hybridized carbons (Fsp3) is 0.348. The van der Waals surface area contributed by atoms with Crippen LogP contribution in [0.5, 0.6) is 5.75 Å². The minimum absolute atomic E-state index is 0.0369. The first-order valence-electron chi connectivity index (χ1n) is 10.2. The molecule has 2 heterocycles. The van der Waals surface area contributed by atoms with Crippen LogP contribution in [0.4, 0.5) is 0 Å². The Morgan fingerprint density at radius 2 is 1.69 bits per heavy atom. The summed E-state index contributed by atoms with van der Waals surface area (Å²) < 4.78 is 11.0. The molecule has 6 atom stereocenters. The summed E-state index contributed by atoms with van der Waals surface area (Å²) in [5.74, 6) is 0.406. The third-order valence-corrected chi connectivity index (χ3v) is 6.44. The van der Waals surface area contributed by atoms with Crippen molar-refractivity contribution in [2.75, 3.05) is 6.61 Å². The fourth-order valence-electron chi connectivity index (χ4n) is 3.57. The molecular formula is C23H26N2O6S. The van der Waals surface area contributed by atoms with Crippen LogP contribution in [0, 0.1) is 6.92 Å². The van der Waals surface area contributed by atoms with Gasteiger partial charge in [-0.25, -0.2) is 4.99 Å². The van der Waals surface area contributed by atoms with Gasteiger partial charge in [0.2, 0.25) is 6.29 Å². The highest BCUT2D eigenvalue weighted by molar-refractivity contribution is 8.14. The summed E-state index contributed by atoms with van der Waals surface area (Å²) in [7, 11) is 0. The van der Waals surface area contributed by atoms with Crippen LogP contribution >= 0.6 is 11.8 Å². The molecule has 6 N–H and O–H groups in total. The number of amidine groups is 1. The minimum Gasteiger partial charge on any atom is -0.462 e. The lowest BCUT2D eigenvalue weighted by Gasteiger charge is -2.39. The second kappa shape index (κ2) is 9.62. The summed E-state index contributed by atoms with van der Waals surface area (Å²) >= 11 is 1.44. The monoisotopic (exact) mass is 458 g/mol. The average molecular weight is 459 g/mol. The highest BCUT2D eigenvalue weighted by atomic mass is 32.2. The first kappa shape index (κ1) is 22.8. The fourth-order valence-corrected chi connectivity index (χ4v) is 4.48. The van der Waals surface area contributed by atoms with Gasteiger partial charge in [0.1, 0.15) is 30.2 Å². The van der Waals surface area contributed by atoms with Gasteiger partial charge in [0.25, 0.3) is 0 Å². The van der Waals surface area contributed by atoms with Crippen molar-refractivity contribution in [3.05, 3.63) is 71.3 Å². The van der Waals surface area contributed by atoms with Crippen molar-refractivity contribution in [2.24, 2.45) is 10.7 Å². The molecule has 1 saturated heterocycles. The Hall–Kier alpha value is -2.40. The zero-order valence-corrected chi connectivity index (χ0v) is 18.2. The molecule has 0 bridgehead atoms. The maximum Gasteiger partial charge on any atom is 0.229 e. The smallest absolute Gasteiger partial charge is 0.229 e. The van der Waals surface area contributed by atoms with E-state index in [4.69, 9.17) is 15.2 Å². The molecular weight excluding hydrogens is 432 g/mol. The molecule has 4 rings (SSSR count). The molecule has 0 spiro atoms. The summed E-state index contributed by atoms with van der Waals surface area (Å²) in [5, 5.41) is 39.7. The number of aliphatic imine (C=N–C) groups is 1. The lowest BCUT2D eigenvalue weighted by atomic mass is 9.99. The molecule has 2 aliphatic rings. The molecule has 2 aromatic rings. The van der Waals surface area contributed by atoms with Crippen LogP contribution in [0.2, 0.25) is 0 Å². The van der Waals surface area contributed by atoms with E-state index in [0.717, 1.165) is 16.8 Å². The first-order valence-corrected chi connectivity index (χ1v) is 11.1. The number of nitrogens with two attached hydrogens (primary N) is 1. The molecule has 9 heteroatoms. The van der Waals surface area contributed by atoms with E-state index in [1.807, 2.05) is 43.3 Å². The van der Waals surface area contributed by atoms with Crippen molar-refractivity contribution in [3.8, 4) is 5.75 Å². The van der Waals surface area contributed by atoms with Crippen LogP contribution in [0.1, 0.15) is 21.9 Å². The Labute approximate surface area is 190 Å². The number of rotatable bonds is 5. The lowest BCUT2D eigenvalue weighted by Crippen LogP contribution is -2.60. The van der Waals surface area contributed by atoms with Crippen LogP contribution in [0.3, 0.4) is 0 Å². The van der Waals surface area contributed by atoms with Crippen LogP contribution in [0.15, 0.2) is 59.6 Å². The third kappa shape index (κ3) is 4.83.